The van der Waals surface area contributed by atoms with Crippen molar-refractivity contribution in [3.05, 3.63) is 11.1 Å². The van der Waals surface area contributed by atoms with Gasteiger partial charge in [-0.05, 0) is 25.2 Å². The van der Waals surface area contributed by atoms with E-state index in [1.165, 1.54) is 17.8 Å². The van der Waals surface area contributed by atoms with E-state index in [1.807, 2.05) is 0 Å². The number of hydrogen-bond acceptors (Lipinski definition) is 6. The second-order valence-electron chi connectivity index (χ2n) is 7.04. The number of ether oxygens (including phenoxy) is 1. The van der Waals surface area contributed by atoms with Gasteiger partial charge in [0, 0.05) is 24.4 Å². The van der Waals surface area contributed by atoms with Gasteiger partial charge in [0.1, 0.15) is 0 Å². The molecule has 3 rings (SSSR count). The normalized spacial score (nSPS) is 23.1. The van der Waals surface area contributed by atoms with Crippen LogP contribution in [0.1, 0.15) is 51.1 Å². The van der Waals surface area contributed by atoms with E-state index in [9.17, 15) is 14.4 Å². The molecule has 1 saturated carbocycles. The molecular weight excluding hydrogens is 354 g/mol. The van der Waals surface area contributed by atoms with Crippen LogP contribution in [0.15, 0.2) is 5.38 Å². The Kier molecular flexibility index (Phi) is 6.24. The Labute approximate surface area is 157 Å². The summed E-state index contributed by atoms with van der Waals surface area (Å²) in [6.07, 6.45) is 5.83. The first kappa shape index (κ1) is 18.8. The van der Waals surface area contributed by atoms with Gasteiger partial charge in [-0.3, -0.25) is 19.3 Å². The van der Waals surface area contributed by atoms with Gasteiger partial charge in [0.05, 0.1) is 12.1 Å². The first-order valence-electron chi connectivity index (χ1n) is 9.22. The summed E-state index contributed by atoms with van der Waals surface area (Å²) in [5.41, 5.74) is 0.566. The molecule has 7 nitrogen and oxygen atoms in total. The summed E-state index contributed by atoms with van der Waals surface area (Å²) >= 11 is 1.35. The van der Waals surface area contributed by atoms with E-state index in [0.717, 1.165) is 25.7 Å². The van der Waals surface area contributed by atoms with Crippen LogP contribution in [0.3, 0.4) is 0 Å². The summed E-state index contributed by atoms with van der Waals surface area (Å²) in [5.74, 6) is -0.201. The standard InChI is InChI=1S/C18H25N3O4S/c1-12-5-2-3-6-14(12)20-15(22)10-25-17(24)9-13-11-26-18(19-13)21-8-4-7-16(21)23/h11-12,14H,2-10H2,1H3,(H,20,22)/t12-,14+/m0/s1. The minimum Gasteiger partial charge on any atom is -0.455 e. The van der Waals surface area contributed by atoms with Crippen molar-refractivity contribution in [2.24, 2.45) is 5.92 Å². The molecule has 0 bridgehead atoms. The van der Waals surface area contributed by atoms with E-state index >= 15 is 0 Å². The number of carbonyl (C=O) groups is 3. The highest BCUT2D eigenvalue weighted by molar-refractivity contribution is 7.14. The molecule has 1 N–H and O–H groups in total. The maximum Gasteiger partial charge on any atom is 0.312 e. The maximum atomic E-state index is 12.0. The quantitative estimate of drug-likeness (QED) is 0.764. The van der Waals surface area contributed by atoms with Crippen molar-refractivity contribution in [1.29, 1.82) is 0 Å². The molecule has 2 amide bonds. The molecule has 8 heteroatoms. The van der Waals surface area contributed by atoms with E-state index in [1.54, 1.807) is 10.3 Å². The van der Waals surface area contributed by atoms with Crippen LogP contribution in [0.4, 0.5) is 5.13 Å². The largest absolute Gasteiger partial charge is 0.455 e. The van der Waals surface area contributed by atoms with Gasteiger partial charge in [-0.1, -0.05) is 19.8 Å². The number of nitrogens with one attached hydrogen (secondary N) is 1. The molecule has 1 aromatic heterocycles. The van der Waals surface area contributed by atoms with Crippen molar-refractivity contribution < 1.29 is 19.1 Å². The highest BCUT2D eigenvalue weighted by atomic mass is 32.1. The number of anilines is 1. The molecule has 2 aliphatic rings. The number of nitrogens with zero attached hydrogens (tertiary/aromatic N) is 2. The van der Waals surface area contributed by atoms with Gasteiger partial charge >= 0.3 is 5.97 Å². The zero-order chi connectivity index (χ0) is 18.5. The number of esters is 1. The third-order valence-corrected chi connectivity index (χ3v) is 5.90. The van der Waals surface area contributed by atoms with Crippen molar-refractivity contribution in [1.82, 2.24) is 10.3 Å². The zero-order valence-electron chi connectivity index (χ0n) is 15.0. The van der Waals surface area contributed by atoms with E-state index in [2.05, 4.69) is 17.2 Å². The summed E-state index contributed by atoms with van der Waals surface area (Å²) in [5, 5.41) is 5.34. The summed E-state index contributed by atoms with van der Waals surface area (Å²) in [4.78, 5) is 41.6. The Morgan fingerprint density at radius 3 is 2.88 bits per heavy atom. The minimum absolute atomic E-state index is 0.00560. The van der Waals surface area contributed by atoms with Crippen LogP contribution >= 0.6 is 11.3 Å². The van der Waals surface area contributed by atoms with Crippen molar-refractivity contribution in [3.8, 4) is 0 Å². The SMILES string of the molecule is C[C@H]1CCCC[C@H]1NC(=O)COC(=O)Cc1csc(N2CCCC2=O)n1. The van der Waals surface area contributed by atoms with E-state index in [-0.39, 0.29) is 30.9 Å². The molecule has 0 unspecified atom stereocenters. The molecule has 0 aromatic carbocycles. The average molecular weight is 379 g/mol. The fourth-order valence-corrected chi connectivity index (χ4v) is 4.34. The smallest absolute Gasteiger partial charge is 0.312 e. The van der Waals surface area contributed by atoms with Crippen molar-refractivity contribution in [2.75, 3.05) is 18.1 Å². The number of carbonyl (C=O) groups excluding carboxylic acids is 3. The van der Waals surface area contributed by atoms with Crippen LogP contribution in [-0.2, 0) is 25.5 Å². The molecule has 26 heavy (non-hydrogen) atoms. The number of aromatic nitrogens is 1. The second kappa shape index (κ2) is 8.62. The fourth-order valence-electron chi connectivity index (χ4n) is 3.48. The summed E-state index contributed by atoms with van der Waals surface area (Å²) < 4.78 is 5.07. The van der Waals surface area contributed by atoms with E-state index in [0.29, 0.717) is 29.7 Å². The Balaban J connectivity index is 1.42. The molecule has 1 aliphatic heterocycles. The van der Waals surface area contributed by atoms with Crippen LogP contribution in [-0.4, -0.2) is 42.0 Å². The van der Waals surface area contributed by atoms with Gasteiger partial charge in [0.25, 0.3) is 5.91 Å². The number of thiazole rings is 1. The Morgan fingerprint density at radius 2 is 2.15 bits per heavy atom. The van der Waals surface area contributed by atoms with Crippen LogP contribution in [0.5, 0.6) is 0 Å². The zero-order valence-corrected chi connectivity index (χ0v) is 15.8. The summed E-state index contributed by atoms with van der Waals surface area (Å²) in [6, 6.07) is 0.175. The fraction of sp³-hybridized carbons (Fsp3) is 0.667. The summed E-state index contributed by atoms with van der Waals surface area (Å²) in [6.45, 7) is 2.56. The summed E-state index contributed by atoms with van der Waals surface area (Å²) in [7, 11) is 0. The molecule has 2 heterocycles. The predicted molar refractivity (Wildman–Crippen MR) is 97.9 cm³/mol. The molecule has 2 atom stereocenters. The van der Waals surface area contributed by atoms with Gasteiger partial charge in [0.2, 0.25) is 5.91 Å². The lowest BCUT2D eigenvalue weighted by molar-refractivity contribution is -0.148. The number of amides is 2. The third kappa shape index (κ3) is 4.81. The van der Waals surface area contributed by atoms with Crippen molar-refractivity contribution >= 4 is 34.3 Å². The van der Waals surface area contributed by atoms with Crippen LogP contribution in [0.2, 0.25) is 0 Å². The van der Waals surface area contributed by atoms with E-state index < -0.39 is 5.97 Å². The number of rotatable bonds is 6. The van der Waals surface area contributed by atoms with Crippen molar-refractivity contribution in [3.63, 3.8) is 0 Å². The maximum absolute atomic E-state index is 12.0. The van der Waals surface area contributed by atoms with Crippen LogP contribution in [0, 0.1) is 5.92 Å². The third-order valence-electron chi connectivity index (χ3n) is 4.99. The number of hydrogen-bond donors (Lipinski definition) is 1. The van der Waals surface area contributed by atoms with Gasteiger partial charge < -0.3 is 10.1 Å². The van der Waals surface area contributed by atoms with Gasteiger partial charge in [0.15, 0.2) is 11.7 Å². The molecule has 1 saturated heterocycles. The molecular formula is C18H25N3O4S. The minimum atomic E-state index is -0.485. The Morgan fingerprint density at radius 1 is 1.35 bits per heavy atom. The first-order chi connectivity index (χ1) is 12.5. The topological polar surface area (TPSA) is 88.6 Å². The molecule has 0 spiro atoms. The Hall–Kier alpha value is -1.96. The molecule has 0 radical (unpaired) electrons. The highest BCUT2D eigenvalue weighted by Gasteiger charge is 2.25. The van der Waals surface area contributed by atoms with Gasteiger partial charge in [-0.15, -0.1) is 11.3 Å². The molecule has 2 fully saturated rings. The van der Waals surface area contributed by atoms with Crippen LogP contribution in [0.25, 0.3) is 0 Å². The lowest BCUT2D eigenvalue weighted by Gasteiger charge is -2.29. The highest BCUT2D eigenvalue weighted by Crippen LogP contribution is 2.25. The van der Waals surface area contributed by atoms with Crippen molar-refractivity contribution in [2.45, 2.75) is 57.9 Å². The van der Waals surface area contributed by atoms with Crippen LogP contribution < -0.4 is 10.2 Å². The lowest BCUT2D eigenvalue weighted by Crippen LogP contribution is -2.43. The average Bonchev–Trinajstić information content (AvgIpc) is 3.24. The van der Waals surface area contributed by atoms with Gasteiger partial charge in [-0.2, -0.15) is 0 Å². The van der Waals surface area contributed by atoms with Gasteiger partial charge in [-0.25, -0.2) is 4.98 Å². The first-order valence-corrected chi connectivity index (χ1v) is 10.1. The Bertz CT molecular complexity index is 675. The predicted octanol–water partition coefficient (Wildman–Crippen LogP) is 2.05. The molecule has 1 aromatic rings. The second-order valence-corrected chi connectivity index (χ2v) is 7.88. The lowest BCUT2D eigenvalue weighted by atomic mass is 9.86. The monoisotopic (exact) mass is 379 g/mol. The molecule has 142 valence electrons. The van der Waals surface area contributed by atoms with E-state index in [4.69, 9.17) is 4.74 Å². The molecule has 1 aliphatic carbocycles.